The van der Waals surface area contributed by atoms with E-state index >= 15 is 0 Å². The number of nitrogens with zero attached hydrogens (tertiary/aromatic N) is 1. The van der Waals surface area contributed by atoms with Crippen molar-refractivity contribution in [1.29, 1.82) is 0 Å². The first-order valence-corrected chi connectivity index (χ1v) is 11.8. The van der Waals surface area contributed by atoms with Gasteiger partial charge in [0.1, 0.15) is 0 Å². The molecule has 0 atom stereocenters. The summed E-state index contributed by atoms with van der Waals surface area (Å²) in [6.07, 6.45) is 4.90. The van der Waals surface area contributed by atoms with E-state index < -0.39 is 11.1 Å². The van der Waals surface area contributed by atoms with Gasteiger partial charge in [-0.3, -0.25) is 24.1 Å². The minimum Gasteiger partial charge on any atom is -0.375 e. The first-order chi connectivity index (χ1) is 16.0. The summed E-state index contributed by atoms with van der Waals surface area (Å²) in [4.78, 5) is 48.6. The van der Waals surface area contributed by atoms with Gasteiger partial charge in [-0.25, -0.2) is 0 Å². The van der Waals surface area contributed by atoms with Crippen molar-refractivity contribution in [1.82, 2.24) is 15.5 Å². The van der Waals surface area contributed by atoms with Gasteiger partial charge in [-0.1, -0.05) is 30.3 Å². The second-order valence-corrected chi connectivity index (χ2v) is 9.79. The third-order valence-electron chi connectivity index (χ3n) is 5.69. The average Bonchev–Trinajstić information content (AvgIpc) is 3.08. The Kier molecular flexibility index (Phi) is 9.98. The number of hydrogen-bond donors (Lipinski definition) is 2. The lowest BCUT2D eigenvalue weighted by molar-refractivity contribution is -0.137. The molecule has 8 nitrogen and oxygen atoms in total. The van der Waals surface area contributed by atoms with Gasteiger partial charge in [0.05, 0.1) is 5.60 Å². The SMILES string of the molecule is CC(C)(CCOC(C)(C)CCNC(=O)CCc1ccccc1)NC(=O)CCN1C(=O)C=CC1=O. The maximum atomic E-state index is 12.3. The normalized spacial score (nSPS) is 13.9. The summed E-state index contributed by atoms with van der Waals surface area (Å²) >= 11 is 0. The average molecular weight is 472 g/mol. The number of amides is 4. The zero-order valence-electron chi connectivity index (χ0n) is 20.7. The highest BCUT2D eigenvalue weighted by atomic mass is 16.5. The fourth-order valence-corrected chi connectivity index (χ4v) is 3.52. The van der Waals surface area contributed by atoms with Crippen LogP contribution in [0.15, 0.2) is 42.5 Å². The van der Waals surface area contributed by atoms with Crippen LogP contribution in [0.4, 0.5) is 0 Å². The molecule has 8 heteroatoms. The molecule has 0 spiro atoms. The Morgan fingerprint density at radius 1 is 0.912 bits per heavy atom. The molecular formula is C26H37N3O5. The molecule has 34 heavy (non-hydrogen) atoms. The number of imide groups is 1. The molecule has 0 bridgehead atoms. The van der Waals surface area contributed by atoms with E-state index in [4.69, 9.17) is 4.74 Å². The topological polar surface area (TPSA) is 105 Å². The summed E-state index contributed by atoms with van der Waals surface area (Å²) in [6.45, 7) is 8.80. The Bertz CT molecular complexity index is 875. The summed E-state index contributed by atoms with van der Waals surface area (Å²) in [5, 5.41) is 5.89. The minimum atomic E-state index is -0.504. The minimum absolute atomic E-state index is 0.0246. The molecular weight excluding hydrogens is 434 g/mol. The fourth-order valence-electron chi connectivity index (χ4n) is 3.52. The van der Waals surface area contributed by atoms with E-state index in [0.717, 1.165) is 16.9 Å². The van der Waals surface area contributed by atoms with Gasteiger partial charge in [0.2, 0.25) is 11.8 Å². The molecule has 0 saturated carbocycles. The highest BCUT2D eigenvalue weighted by Crippen LogP contribution is 2.17. The Balaban J connectivity index is 1.61. The second-order valence-electron chi connectivity index (χ2n) is 9.79. The van der Waals surface area contributed by atoms with Crippen molar-refractivity contribution in [3.63, 3.8) is 0 Å². The van der Waals surface area contributed by atoms with E-state index in [-0.39, 0.29) is 36.6 Å². The maximum absolute atomic E-state index is 12.3. The van der Waals surface area contributed by atoms with Crippen molar-refractivity contribution in [3.05, 3.63) is 48.0 Å². The monoisotopic (exact) mass is 471 g/mol. The Hall–Kier alpha value is -3.00. The zero-order chi connectivity index (χ0) is 25.2. The quantitative estimate of drug-likeness (QED) is 0.406. The van der Waals surface area contributed by atoms with Crippen molar-refractivity contribution in [3.8, 4) is 0 Å². The van der Waals surface area contributed by atoms with Crippen molar-refractivity contribution >= 4 is 23.6 Å². The molecule has 2 N–H and O–H groups in total. The van der Waals surface area contributed by atoms with Gasteiger partial charge in [-0.05, 0) is 52.5 Å². The lowest BCUT2D eigenvalue weighted by Crippen LogP contribution is -2.46. The Morgan fingerprint density at radius 3 is 2.21 bits per heavy atom. The summed E-state index contributed by atoms with van der Waals surface area (Å²) in [7, 11) is 0. The Labute approximate surface area is 202 Å². The van der Waals surface area contributed by atoms with Crippen molar-refractivity contribution in [2.75, 3.05) is 19.7 Å². The molecule has 186 valence electrons. The van der Waals surface area contributed by atoms with Gasteiger partial charge >= 0.3 is 0 Å². The molecule has 1 heterocycles. The molecule has 1 aromatic carbocycles. The van der Waals surface area contributed by atoms with Gasteiger partial charge in [0.25, 0.3) is 11.8 Å². The molecule has 0 unspecified atom stereocenters. The van der Waals surface area contributed by atoms with E-state index in [1.54, 1.807) is 0 Å². The predicted molar refractivity (Wildman–Crippen MR) is 130 cm³/mol. The third kappa shape index (κ3) is 9.87. The van der Waals surface area contributed by atoms with Crippen molar-refractivity contribution in [2.45, 2.75) is 70.9 Å². The fraction of sp³-hybridized carbons (Fsp3) is 0.538. The highest BCUT2D eigenvalue weighted by molar-refractivity contribution is 6.13. The number of carbonyl (C=O) groups excluding carboxylic acids is 4. The van der Waals surface area contributed by atoms with Crippen molar-refractivity contribution < 1.29 is 23.9 Å². The van der Waals surface area contributed by atoms with Gasteiger partial charge in [-0.15, -0.1) is 0 Å². The molecule has 0 aromatic heterocycles. The molecule has 0 radical (unpaired) electrons. The lowest BCUT2D eigenvalue weighted by atomic mass is 10.00. The summed E-state index contributed by atoms with van der Waals surface area (Å²) in [6, 6.07) is 9.93. The first kappa shape index (κ1) is 27.2. The third-order valence-corrected chi connectivity index (χ3v) is 5.69. The predicted octanol–water partition coefficient (Wildman–Crippen LogP) is 2.52. The molecule has 1 aliphatic heterocycles. The molecule has 0 fully saturated rings. The largest absolute Gasteiger partial charge is 0.375 e. The van der Waals surface area contributed by atoms with Crippen LogP contribution >= 0.6 is 0 Å². The van der Waals surface area contributed by atoms with Crippen LogP contribution < -0.4 is 10.6 Å². The van der Waals surface area contributed by atoms with E-state index in [9.17, 15) is 19.2 Å². The van der Waals surface area contributed by atoms with Crippen LogP contribution in [0.3, 0.4) is 0 Å². The number of carbonyl (C=O) groups is 4. The zero-order valence-corrected chi connectivity index (χ0v) is 20.7. The van der Waals surface area contributed by atoms with Gasteiger partial charge in [-0.2, -0.15) is 0 Å². The van der Waals surface area contributed by atoms with Crippen molar-refractivity contribution in [2.24, 2.45) is 0 Å². The number of hydrogen-bond acceptors (Lipinski definition) is 5. The molecule has 0 aliphatic carbocycles. The first-order valence-electron chi connectivity index (χ1n) is 11.8. The second kappa shape index (κ2) is 12.5. The number of ether oxygens (including phenoxy) is 1. The standard InChI is InChI=1S/C26H37N3O5/c1-25(2,28-22(31)14-18-29-23(32)12-13-24(29)33)16-19-34-26(3,4)15-17-27-21(30)11-10-20-8-6-5-7-9-20/h5-9,12-13H,10-11,14-19H2,1-4H3,(H,27,30)(H,28,31). The smallest absolute Gasteiger partial charge is 0.253 e. The molecule has 0 saturated heterocycles. The van der Waals surface area contributed by atoms with Crippen LogP contribution in [-0.4, -0.2) is 59.4 Å². The highest BCUT2D eigenvalue weighted by Gasteiger charge is 2.26. The van der Waals surface area contributed by atoms with Crippen LogP contribution in [0.2, 0.25) is 0 Å². The van der Waals surface area contributed by atoms with E-state index in [0.29, 0.717) is 32.4 Å². The van der Waals surface area contributed by atoms with E-state index in [1.165, 1.54) is 12.2 Å². The van der Waals surface area contributed by atoms with E-state index in [2.05, 4.69) is 10.6 Å². The maximum Gasteiger partial charge on any atom is 0.253 e. The number of nitrogens with one attached hydrogen (secondary N) is 2. The molecule has 1 aromatic rings. The van der Waals surface area contributed by atoms with Crippen LogP contribution in [-0.2, 0) is 30.3 Å². The number of benzene rings is 1. The number of aryl methyl sites for hydroxylation is 1. The summed E-state index contributed by atoms with van der Waals surface area (Å²) in [5.74, 6) is -0.980. The molecule has 1 aliphatic rings. The lowest BCUT2D eigenvalue weighted by Gasteiger charge is -2.30. The van der Waals surface area contributed by atoms with Crippen LogP contribution in [0.5, 0.6) is 0 Å². The number of rotatable bonds is 14. The van der Waals surface area contributed by atoms with Gasteiger partial charge in [0.15, 0.2) is 0 Å². The van der Waals surface area contributed by atoms with Gasteiger partial charge in [0, 0.05) is 50.2 Å². The Morgan fingerprint density at radius 2 is 1.56 bits per heavy atom. The molecule has 4 amide bonds. The van der Waals surface area contributed by atoms with Crippen LogP contribution in [0.25, 0.3) is 0 Å². The molecule has 2 rings (SSSR count). The van der Waals surface area contributed by atoms with Gasteiger partial charge < -0.3 is 15.4 Å². The van der Waals surface area contributed by atoms with Crippen LogP contribution in [0, 0.1) is 0 Å². The van der Waals surface area contributed by atoms with Crippen LogP contribution in [0.1, 0.15) is 58.9 Å². The summed E-state index contributed by atoms with van der Waals surface area (Å²) in [5.41, 5.74) is 0.220. The summed E-state index contributed by atoms with van der Waals surface area (Å²) < 4.78 is 6.02. The van der Waals surface area contributed by atoms with E-state index in [1.807, 2.05) is 58.0 Å².